The fourth-order valence-corrected chi connectivity index (χ4v) is 2.58. The third kappa shape index (κ3) is 2.28. The van der Waals surface area contributed by atoms with E-state index in [-0.39, 0.29) is 0 Å². The van der Waals surface area contributed by atoms with Crippen molar-refractivity contribution in [3.8, 4) is 0 Å². The summed E-state index contributed by atoms with van der Waals surface area (Å²) >= 11 is 0. The fourth-order valence-electron chi connectivity index (χ4n) is 2.58. The first-order chi connectivity index (χ1) is 8.58. The van der Waals surface area contributed by atoms with Crippen LogP contribution < -0.4 is 16.8 Å². The van der Waals surface area contributed by atoms with Crippen LogP contribution in [0.4, 0.5) is 11.4 Å². The average molecular weight is 247 g/mol. The normalized spacial score (nSPS) is 16.9. The van der Waals surface area contributed by atoms with Crippen LogP contribution in [0, 0.1) is 5.41 Å². The minimum atomic E-state index is -0.441. The van der Waals surface area contributed by atoms with Crippen molar-refractivity contribution in [2.24, 2.45) is 11.1 Å². The number of carbonyl (C=O) groups is 1. The van der Waals surface area contributed by atoms with Gasteiger partial charge in [0.05, 0.1) is 16.9 Å². The summed E-state index contributed by atoms with van der Waals surface area (Å²) in [5, 5.41) is 3.33. The summed E-state index contributed by atoms with van der Waals surface area (Å²) in [6, 6.07) is 5.24. The lowest BCUT2D eigenvalue weighted by atomic mass is 9.67. The highest BCUT2D eigenvalue weighted by Gasteiger charge is 2.35. The van der Waals surface area contributed by atoms with E-state index >= 15 is 0 Å². The maximum atomic E-state index is 11.4. The van der Waals surface area contributed by atoms with Gasteiger partial charge in [-0.3, -0.25) is 4.79 Å². The van der Waals surface area contributed by atoms with Crippen LogP contribution in [0.5, 0.6) is 0 Å². The molecule has 0 saturated heterocycles. The first kappa shape index (κ1) is 12.7. The Labute approximate surface area is 108 Å². The lowest BCUT2D eigenvalue weighted by Crippen LogP contribution is -2.36. The molecule has 1 aliphatic rings. The van der Waals surface area contributed by atoms with Crippen molar-refractivity contribution in [2.45, 2.75) is 32.6 Å². The van der Waals surface area contributed by atoms with E-state index in [1.807, 2.05) is 0 Å². The molecule has 0 bridgehead atoms. The van der Waals surface area contributed by atoms with Gasteiger partial charge in [-0.15, -0.1) is 0 Å². The van der Waals surface area contributed by atoms with Gasteiger partial charge in [0.25, 0.3) is 5.91 Å². The summed E-state index contributed by atoms with van der Waals surface area (Å²) in [5.74, 6) is -0.441. The fraction of sp³-hybridized carbons (Fsp3) is 0.500. The monoisotopic (exact) mass is 247 g/mol. The van der Waals surface area contributed by atoms with E-state index in [2.05, 4.69) is 12.2 Å². The Hall–Kier alpha value is -1.71. The van der Waals surface area contributed by atoms with Crippen molar-refractivity contribution < 1.29 is 4.79 Å². The standard InChI is InChI=1S/C14H21N3O/c1-2-14(7-4-8-14)9-17-12-10(13(16)18)5-3-6-11(12)15/h3,5-6,17H,2,4,7-9,15H2,1H3,(H2,16,18). The molecule has 0 atom stereocenters. The zero-order valence-electron chi connectivity index (χ0n) is 10.8. The van der Waals surface area contributed by atoms with Gasteiger partial charge >= 0.3 is 0 Å². The third-order valence-corrected chi connectivity index (χ3v) is 4.17. The molecule has 0 heterocycles. The Kier molecular flexibility index (Phi) is 3.45. The van der Waals surface area contributed by atoms with E-state index in [1.165, 1.54) is 19.3 Å². The molecule has 0 radical (unpaired) electrons. The van der Waals surface area contributed by atoms with Gasteiger partial charge in [0, 0.05) is 6.54 Å². The number of primary amides is 1. The van der Waals surface area contributed by atoms with Gasteiger partial charge in [-0.25, -0.2) is 0 Å². The van der Waals surface area contributed by atoms with Gasteiger partial charge in [-0.05, 0) is 36.8 Å². The molecule has 1 aromatic rings. The van der Waals surface area contributed by atoms with E-state index in [4.69, 9.17) is 11.5 Å². The predicted octanol–water partition coefficient (Wildman–Crippen LogP) is 2.36. The molecular formula is C14H21N3O. The molecule has 4 nitrogen and oxygen atoms in total. The molecule has 4 heteroatoms. The second kappa shape index (κ2) is 4.88. The van der Waals surface area contributed by atoms with Crippen molar-refractivity contribution in [2.75, 3.05) is 17.6 Å². The second-order valence-electron chi connectivity index (χ2n) is 5.19. The molecule has 98 valence electrons. The van der Waals surface area contributed by atoms with Crippen LogP contribution in [0.1, 0.15) is 43.0 Å². The van der Waals surface area contributed by atoms with Crippen molar-refractivity contribution >= 4 is 17.3 Å². The summed E-state index contributed by atoms with van der Waals surface area (Å²) in [6.45, 7) is 3.07. The first-order valence-electron chi connectivity index (χ1n) is 6.50. The topological polar surface area (TPSA) is 81.1 Å². The molecule has 2 rings (SSSR count). The van der Waals surface area contributed by atoms with E-state index in [1.54, 1.807) is 18.2 Å². The van der Waals surface area contributed by atoms with Crippen LogP contribution in [0.2, 0.25) is 0 Å². The Morgan fingerprint density at radius 1 is 1.44 bits per heavy atom. The average Bonchev–Trinajstić information content (AvgIpc) is 2.29. The van der Waals surface area contributed by atoms with Gasteiger partial charge in [0.15, 0.2) is 0 Å². The lowest BCUT2D eigenvalue weighted by molar-refractivity contribution is 0.100. The van der Waals surface area contributed by atoms with Crippen LogP contribution in [-0.2, 0) is 0 Å². The summed E-state index contributed by atoms with van der Waals surface area (Å²) < 4.78 is 0. The van der Waals surface area contributed by atoms with Crippen LogP contribution >= 0.6 is 0 Å². The summed E-state index contributed by atoms with van der Waals surface area (Å²) in [4.78, 5) is 11.4. The van der Waals surface area contributed by atoms with Crippen molar-refractivity contribution in [3.63, 3.8) is 0 Å². The number of hydrogen-bond donors (Lipinski definition) is 3. The Morgan fingerprint density at radius 2 is 2.17 bits per heavy atom. The largest absolute Gasteiger partial charge is 0.397 e. The van der Waals surface area contributed by atoms with Crippen molar-refractivity contribution in [1.82, 2.24) is 0 Å². The Balaban J connectivity index is 2.15. The number of nitrogen functional groups attached to an aromatic ring is 1. The number of amides is 1. The van der Waals surface area contributed by atoms with Crippen LogP contribution in [0.15, 0.2) is 18.2 Å². The maximum absolute atomic E-state index is 11.4. The molecule has 1 fully saturated rings. The molecule has 0 aromatic heterocycles. The number of carbonyl (C=O) groups excluding carboxylic acids is 1. The quantitative estimate of drug-likeness (QED) is 0.699. The van der Waals surface area contributed by atoms with Gasteiger partial charge < -0.3 is 16.8 Å². The lowest BCUT2D eigenvalue weighted by Gasteiger charge is -2.41. The minimum absolute atomic E-state index is 0.372. The number of anilines is 2. The molecule has 0 spiro atoms. The zero-order valence-corrected chi connectivity index (χ0v) is 10.8. The summed E-state index contributed by atoms with van der Waals surface area (Å²) in [6.07, 6.45) is 4.94. The number of rotatable bonds is 5. The highest BCUT2D eigenvalue weighted by molar-refractivity contribution is 6.01. The molecule has 1 saturated carbocycles. The minimum Gasteiger partial charge on any atom is -0.397 e. The third-order valence-electron chi connectivity index (χ3n) is 4.17. The maximum Gasteiger partial charge on any atom is 0.250 e. The smallest absolute Gasteiger partial charge is 0.250 e. The molecule has 1 aromatic carbocycles. The van der Waals surface area contributed by atoms with Crippen LogP contribution in [0.3, 0.4) is 0 Å². The van der Waals surface area contributed by atoms with Crippen LogP contribution in [0.25, 0.3) is 0 Å². The number of hydrogen-bond acceptors (Lipinski definition) is 3. The molecule has 0 unspecified atom stereocenters. The number of benzene rings is 1. The Morgan fingerprint density at radius 3 is 2.67 bits per heavy atom. The molecular weight excluding hydrogens is 226 g/mol. The number of nitrogens with two attached hydrogens (primary N) is 2. The van der Waals surface area contributed by atoms with Crippen molar-refractivity contribution in [1.29, 1.82) is 0 Å². The van der Waals surface area contributed by atoms with E-state index in [9.17, 15) is 4.79 Å². The van der Waals surface area contributed by atoms with Gasteiger partial charge in [0.2, 0.25) is 0 Å². The number of nitrogens with one attached hydrogen (secondary N) is 1. The molecule has 1 amide bonds. The van der Waals surface area contributed by atoms with E-state index < -0.39 is 5.91 Å². The highest BCUT2D eigenvalue weighted by Crippen LogP contribution is 2.44. The Bertz CT molecular complexity index is 447. The van der Waals surface area contributed by atoms with Crippen LogP contribution in [-0.4, -0.2) is 12.5 Å². The van der Waals surface area contributed by atoms with E-state index in [0.29, 0.717) is 22.4 Å². The molecule has 5 N–H and O–H groups in total. The summed E-state index contributed by atoms with van der Waals surface area (Å²) in [7, 11) is 0. The SMILES string of the molecule is CCC1(CNc2c(N)cccc2C(N)=O)CCC1. The van der Waals surface area contributed by atoms with Gasteiger partial charge in [-0.1, -0.05) is 19.4 Å². The van der Waals surface area contributed by atoms with Gasteiger partial charge in [-0.2, -0.15) is 0 Å². The predicted molar refractivity (Wildman–Crippen MR) is 74.4 cm³/mol. The molecule has 1 aliphatic carbocycles. The molecule has 18 heavy (non-hydrogen) atoms. The number of para-hydroxylation sites is 1. The molecule has 0 aliphatic heterocycles. The second-order valence-corrected chi connectivity index (χ2v) is 5.19. The summed E-state index contributed by atoms with van der Waals surface area (Å²) in [5.41, 5.74) is 13.4. The van der Waals surface area contributed by atoms with Gasteiger partial charge in [0.1, 0.15) is 0 Å². The van der Waals surface area contributed by atoms with E-state index in [0.717, 1.165) is 13.0 Å². The van der Waals surface area contributed by atoms with Crippen molar-refractivity contribution in [3.05, 3.63) is 23.8 Å². The highest BCUT2D eigenvalue weighted by atomic mass is 16.1. The first-order valence-corrected chi connectivity index (χ1v) is 6.50. The zero-order chi connectivity index (χ0) is 13.2.